The summed E-state index contributed by atoms with van der Waals surface area (Å²) in [5.74, 6) is 0.986. The number of benzene rings is 2. The number of amides is 1. The first-order valence-corrected chi connectivity index (χ1v) is 8.71. The highest BCUT2D eigenvalue weighted by Gasteiger charge is 2.14. The molecule has 1 amide bonds. The Morgan fingerprint density at radius 2 is 1.82 bits per heavy atom. The molecule has 0 saturated carbocycles. The van der Waals surface area contributed by atoms with Gasteiger partial charge in [-0.1, -0.05) is 18.2 Å². The van der Waals surface area contributed by atoms with E-state index in [0.29, 0.717) is 41.8 Å². The Hall–Kier alpha value is -3.68. The fourth-order valence-electron chi connectivity index (χ4n) is 2.69. The van der Waals surface area contributed by atoms with Gasteiger partial charge in [-0.2, -0.15) is 0 Å². The van der Waals surface area contributed by atoms with Crippen LogP contribution in [0.4, 0.5) is 15.9 Å². The fourth-order valence-corrected chi connectivity index (χ4v) is 2.69. The van der Waals surface area contributed by atoms with Gasteiger partial charge in [0.2, 0.25) is 0 Å². The number of fused-ring (bicyclic) bond motifs is 1. The maximum atomic E-state index is 13.6. The zero-order valence-electron chi connectivity index (χ0n) is 14.8. The van der Waals surface area contributed by atoms with Crippen LogP contribution < -0.4 is 20.1 Å². The van der Waals surface area contributed by atoms with Crippen molar-refractivity contribution in [2.45, 2.75) is 6.54 Å². The quantitative estimate of drug-likeness (QED) is 0.707. The van der Waals surface area contributed by atoms with Crippen molar-refractivity contribution in [3.8, 4) is 11.5 Å². The summed E-state index contributed by atoms with van der Waals surface area (Å²) in [6, 6.07) is 14.8. The minimum atomic E-state index is -0.398. The van der Waals surface area contributed by atoms with Gasteiger partial charge in [0.1, 0.15) is 24.8 Å². The number of nitrogens with one attached hydrogen (secondary N) is 2. The molecule has 28 heavy (non-hydrogen) atoms. The van der Waals surface area contributed by atoms with Crippen molar-refractivity contribution in [3.63, 3.8) is 0 Å². The first-order chi connectivity index (χ1) is 13.7. The van der Waals surface area contributed by atoms with E-state index in [0.717, 1.165) is 0 Å². The Morgan fingerprint density at radius 1 is 1.00 bits per heavy atom. The van der Waals surface area contributed by atoms with Gasteiger partial charge in [0.25, 0.3) is 5.91 Å². The number of carbonyl (C=O) groups is 1. The lowest BCUT2D eigenvalue weighted by molar-refractivity contribution is 0.102. The number of rotatable bonds is 5. The normalized spacial score (nSPS) is 12.3. The third-order valence-electron chi connectivity index (χ3n) is 4.12. The summed E-state index contributed by atoms with van der Waals surface area (Å²) in [6.07, 6.45) is 0. The molecule has 2 N–H and O–H groups in total. The fraction of sp³-hybridized carbons (Fsp3) is 0.150. The number of ether oxygens (including phenoxy) is 2. The molecule has 0 atom stereocenters. The summed E-state index contributed by atoms with van der Waals surface area (Å²) in [6.45, 7) is 1.24. The molecule has 0 spiro atoms. The Labute approximate surface area is 160 Å². The lowest BCUT2D eigenvalue weighted by atomic mass is 10.2. The minimum absolute atomic E-state index is 0.159. The number of carbonyl (C=O) groups excluding carboxylic acids is 1. The van der Waals surface area contributed by atoms with Gasteiger partial charge in [-0.05, 0) is 30.3 Å². The third kappa shape index (κ3) is 4.01. The number of hydrogen-bond acceptors (Lipinski definition) is 6. The Balaban J connectivity index is 1.38. The molecule has 0 aliphatic carbocycles. The average molecular weight is 380 g/mol. The summed E-state index contributed by atoms with van der Waals surface area (Å²) < 4.78 is 24.6. The Bertz CT molecular complexity index is 995. The van der Waals surface area contributed by atoms with Crippen molar-refractivity contribution in [2.24, 2.45) is 0 Å². The molecule has 0 saturated heterocycles. The maximum absolute atomic E-state index is 13.6. The first-order valence-electron chi connectivity index (χ1n) is 8.71. The molecular formula is C20H17FN4O3. The number of halogens is 1. The lowest BCUT2D eigenvalue weighted by Crippen LogP contribution is -2.17. The van der Waals surface area contributed by atoms with Crippen LogP contribution in [0.15, 0.2) is 54.6 Å². The van der Waals surface area contributed by atoms with Gasteiger partial charge in [-0.25, -0.2) is 4.39 Å². The molecule has 2 aromatic carbocycles. The molecule has 0 bridgehead atoms. The number of aromatic nitrogens is 2. The molecule has 8 heteroatoms. The van der Waals surface area contributed by atoms with Crippen molar-refractivity contribution in [1.82, 2.24) is 10.2 Å². The van der Waals surface area contributed by atoms with E-state index in [1.165, 1.54) is 6.07 Å². The van der Waals surface area contributed by atoms with Crippen LogP contribution in [-0.2, 0) is 6.54 Å². The summed E-state index contributed by atoms with van der Waals surface area (Å²) in [4.78, 5) is 12.4. The molecule has 0 fully saturated rings. The van der Waals surface area contributed by atoms with Crippen LogP contribution in [0.3, 0.4) is 0 Å². The molecule has 0 radical (unpaired) electrons. The maximum Gasteiger partial charge on any atom is 0.276 e. The van der Waals surface area contributed by atoms with Gasteiger partial charge in [0, 0.05) is 23.9 Å². The second-order valence-electron chi connectivity index (χ2n) is 6.06. The smallest absolute Gasteiger partial charge is 0.276 e. The van der Waals surface area contributed by atoms with Gasteiger partial charge in [0.05, 0.1) is 0 Å². The van der Waals surface area contributed by atoms with Gasteiger partial charge >= 0.3 is 0 Å². The summed E-state index contributed by atoms with van der Waals surface area (Å²) in [7, 11) is 0. The van der Waals surface area contributed by atoms with Crippen LogP contribution in [0.1, 0.15) is 16.1 Å². The van der Waals surface area contributed by atoms with E-state index < -0.39 is 5.91 Å². The van der Waals surface area contributed by atoms with E-state index in [4.69, 9.17) is 9.47 Å². The van der Waals surface area contributed by atoms with Crippen molar-refractivity contribution >= 4 is 17.4 Å². The SMILES string of the molecule is O=C(Nc1ccc2c(c1)OCCO2)c1ccc(NCc2ccccc2F)nn1. The van der Waals surface area contributed by atoms with Gasteiger partial charge in [0.15, 0.2) is 17.2 Å². The molecule has 2 heterocycles. The standard InChI is InChI=1S/C20H17FN4O3/c21-15-4-2-1-3-13(15)12-22-19-8-6-16(24-25-19)20(26)23-14-5-7-17-18(11-14)28-10-9-27-17/h1-8,11H,9-10,12H2,(H,22,25)(H,23,26). The molecule has 1 aliphatic heterocycles. The summed E-state index contributed by atoms with van der Waals surface area (Å²) >= 11 is 0. The van der Waals surface area contributed by atoms with Crippen LogP contribution in [0.25, 0.3) is 0 Å². The number of hydrogen-bond donors (Lipinski definition) is 2. The lowest BCUT2D eigenvalue weighted by Gasteiger charge is -2.18. The first kappa shape index (κ1) is 17.7. The van der Waals surface area contributed by atoms with Crippen molar-refractivity contribution in [3.05, 3.63) is 71.7 Å². The highest BCUT2D eigenvalue weighted by Crippen LogP contribution is 2.32. The van der Waals surface area contributed by atoms with E-state index in [1.807, 2.05) is 0 Å². The largest absolute Gasteiger partial charge is 0.486 e. The van der Waals surface area contributed by atoms with Crippen LogP contribution >= 0.6 is 0 Å². The van der Waals surface area contributed by atoms with Crippen LogP contribution in [0, 0.1) is 5.82 Å². The second kappa shape index (κ2) is 7.91. The van der Waals surface area contributed by atoms with E-state index in [1.54, 1.807) is 48.5 Å². The molecule has 7 nitrogen and oxygen atoms in total. The molecule has 3 aromatic rings. The van der Waals surface area contributed by atoms with Crippen molar-refractivity contribution in [2.75, 3.05) is 23.8 Å². The second-order valence-corrected chi connectivity index (χ2v) is 6.06. The average Bonchev–Trinajstić information content (AvgIpc) is 2.73. The zero-order valence-corrected chi connectivity index (χ0v) is 14.8. The van der Waals surface area contributed by atoms with E-state index in [2.05, 4.69) is 20.8 Å². The van der Waals surface area contributed by atoms with Crippen molar-refractivity contribution in [1.29, 1.82) is 0 Å². The van der Waals surface area contributed by atoms with Crippen LogP contribution in [0.2, 0.25) is 0 Å². The predicted molar refractivity (Wildman–Crippen MR) is 101 cm³/mol. The van der Waals surface area contributed by atoms with Gasteiger partial charge in [-0.3, -0.25) is 4.79 Å². The monoisotopic (exact) mass is 380 g/mol. The molecular weight excluding hydrogens is 363 g/mol. The molecule has 142 valence electrons. The number of nitrogens with zero attached hydrogens (tertiary/aromatic N) is 2. The molecule has 4 rings (SSSR count). The third-order valence-corrected chi connectivity index (χ3v) is 4.12. The van der Waals surface area contributed by atoms with E-state index in [9.17, 15) is 9.18 Å². The molecule has 1 aromatic heterocycles. The minimum Gasteiger partial charge on any atom is -0.486 e. The topological polar surface area (TPSA) is 85.4 Å². The van der Waals surface area contributed by atoms with Crippen LogP contribution in [0.5, 0.6) is 11.5 Å². The zero-order chi connectivity index (χ0) is 19.3. The molecule has 0 unspecified atom stereocenters. The van der Waals surface area contributed by atoms with Crippen LogP contribution in [-0.4, -0.2) is 29.3 Å². The van der Waals surface area contributed by atoms with Gasteiger partial charge in [-0.15, -0.1) is 10.2 Å². The predicted octanol–water partition coefficient (Wildman–Crippen LogP) is 3.25. The highest BCUT2D eigenvalue weighted by atomic mass is 19.1. The highest BCUT2D eigenvalue weighted by molar-refractivity contribution is 6.02. The number of anilines is 2. The molecule has 1 aliphatic rings. The summed E-state index contributed by atoms with van der Waals surface area (Å²) in [5.41, 5.74) is 1.24. The van der Waals surface area contributed by atoms with Gasteiger partial charge < -0.3 is 20.1 Å². The Morgan fingerprint density at radius 3 is 2.61 bits per heavy atom. The van der Waals surface area contributed by atoms with E-state index in [-0.39, 0.29) is 18.1 Å². The van der Waals surface area contributed by atoms with Crippen molar-refractivity contribution < 1.29 is 18.7 Å². The van der Waals surface area contributed by atoms with E-state index >= 15 is 0 Å². The Kier molecular flexibility index (Phi) is 5.01. The summed E-state index contributed by atoms with van der Waals surface area (Å²) in [5, 5.41) is 13.6.